The molecule has 9 heteroatoms. The lowest BCUT2D eigenvalue weighted by Crippen LogP contribution is -2.40. The van der Waals surface area contributed by atoms with E-state index in [-0.39, 0.29) is 43.0 Å². The number of aliphatic imine (C=N–C) groups is 1. The Balaban J connectivity index is 0.00000480. The maximum absolute atomic E-state index is 13.0. The number of rotatable bonds is 11. The molecule has 0 aliphatic heterocycles. The van der Waals surface area contributed by atoms with Gasteiger partial charge in [0, 0.05) is 13.6 Å². The van der Waals surface area contributed by atoms with Crippen molar-refractivity contribution >= 4 is 29.9 Å². The Labute approximate surface area is 200 Å². The number of benzene rings is 2. The summed E-state index contributed by atoms with van der Waals surface area (Å²) in [6.07, 6.45) is 0. The van der Waals surface area contributed by atoms with Crippen molar-refractivity contribution in [2.24, 2.45) is 4.99 Å². The third-order valence-corrected chi connectivity index (χ3v) is 4.19. The molecule has 0 bridgehead atoms. The van der Waals surface area contributed by atoms with Gasteiger partial charge in [0.2, 0.25) is 0 Å². The summed E-state index contributed by atoms with van der Waals surface area (Å²) < 4.78 is 29.4. The molecule has 0 saturated carbocycles. The van der Waals surface area contributed by atoms with Crippen LogP contribution in [0.15, 0.2) is 47.5 Å². The number of likely N-dealkylation sites (N-methyl/N-ethyl adjacent to an activating group) is 1. The smallest absolute Gasteiger partial charge is 0.194 e. The van der Waals surface area contributed by atoms with Gasteiger partial charge in [-0.05, 0) is 48.9 Å². The third-order valence-electron chi connectivity index (χ3n) is 4.19. The molecule has 0 aromatic heterocycles. The molecular formula is C22H31FIN3O4. The topological polar surface area (TPSA) is 75.6 Å². The summed E-state index contributed by atoms with van der Waals surface area (Å²) in [6, 6.07) is 11.6. The highest BCUT2D eigenvalue weighted by molar-refractivity contribution is 14.0. The van der Waals surface area contributed by atoms with Crippen LogP contribution in [0.3, 0.4) is 0 Å². The minimum Gasteiger partial charge on any atom is -0.493 e. The molecule has 0 aliphatic rings. The van der Waals surface area contributed by atoms with Gasteiger partial charge < -0.3 is 29.5 Å². The molecule has 0 heterocycles. The van der Waals surface area contributed by atoms with Gasteiger partial charge >= 0.3 is 0 Å². The molecule has 2 rings (SSSR count). The Hall–Kier alpha value is -2.27. The van der Waals surface area contributed by atoms with Crippen LogP contribution < -0.4 is 19.5 Å². The van der Waals surface area contributed by atoms with E-state index in [1.807, 2.05) is 37.1 Å². The Morgan fingerprint density at radius 1 is 1.10 bits per heavy atom. The highest BCUT2D eigenvalue weighted by Crippen LogP contribution is 2.28. The molecule has 0 aliphatic carbocycles. The van der Waals surface area contributed by atoms with E-state index < -0.39 is 0 Å². The Morgan fingerprint density at radius 3 is 2.48 bits per heavy atom. The molecule has 31 heavy (non-hydrogen) atoms. The van der Waals surface area contributed by atoms with Gasteiger partial charge in [-0.3, -0.25) is 0 Å². The standard InChI is InChI=1S/C22H30FN3O4.HI/c1-4-24-22(26(2)11-13-29-19-8-6-18(23)7-9-19)25-16-17-5-10-20(30-14-12-27)21(15-17)28-3;/h5-10,15,27H,4,11-14,16H2,1-3H3,(H,24,25);1H. The molecule has 0 amide bonds. The predicted octanol–water partition coefficient (Wildman–Crippen LogP) is 3.30. The lowest BCUT2D eigenvalue weighted by atomic mass is 10.2. The zero-order valence-electron chi connectivity index (χ0n) is 18.1. The second-order valence-corrected chi connectivity index (χ2v) is 6.45. The molecule has 0 saturated heterocycles. The average molecular weight is 547 g/mol. The second-order valence-electron chi connectivity index (χ2n) is 6.45. The SMILES string of the molecule is CCNC(=NCc1ccc(OCCO)c(OC)c1)N(C)CCOc1ccc(F)cc1.I. The van der Waals surface area contributed by atoms with Crippen LogP contribution in [-0.2, 0) is 6.54 Å². The summed E-state index contributed by atoms with van der Waals surface area (Å²) >= 11 is 0. The Morgan fingerprint density at radius 2 is 1.84 bits per heavy atom. The van der Waals surface area contributed by atoms with E-state index in [0.717, 1.165) is 18.1 Å². The first-order chi connectivity index (χ1) is 14.6. The number of ether oxygens (including phenoxy) is 3. The van der Waals surface area contributed by atoms with Crippen LogP contribution in [0.4, 0.5) is 4.39 Å². The Bertz CT molecular complexity index is 806. The third kappa shape index (κ3) is 9.18. The van der Waals surface area contributed by atoms with Crippen molar-refractivity contribution in [1.29, 1.82) is 0 Å². The van der Waals surface area contributed by atoms with Gasteiger partial charge in [0.25, 0.3) is 0 Å². The van der Waals surface area contributed by atoms with Gasteiger partial charge in [0.05, 0.1) is 26.8 Å². The number of aliphatic hydroxyl groups excluding tert-OH is 1. The van der Waals surface area contributed by atoms with Crippen LogP contribution in [0.25, 0.3) is 0 Å². The van der Waals surface area contributed by atoms with Gasteiger partial charge in [-0.2, -0.15) is 0 Å². The van der Waals surface area contributed by atoms with E-state index >= 15 is 0 Å². The van der Waals surface area contributed by atoms with Crippen LogP contribution in [-0.4, -0.2) is 63.0 Å². The van der Waals surface area contributed by atoms with Crippen molar-refractivity contribution in [2.45, 2.75) is 13.5 Å². The minimum absolute atomic E-state index is 0. The van der Waals surface area contributed by atoms with Crippen LogP contribution in [0.1, 0.15) is 12.5 Å². The lowest BCUT2D eigenvalue weighted by molar-refractivity contribution is 0.196. The fourth-order valence-corrected chi connectivity index (χ4v) is 2.66. The zero-order chi connectivity index (χ0) is 21.8. The first-order valence-corrected chi connectivity index (χ1v) is 9.85. The van der Waals surface area contributed by atoms with Crippen molar-refractivity contribution in [3.8, 4) is 17.2 Å². The van der Waals surface area contributed by atoms with Gasteiger partial charge in [-0.15, -0.1) is 24.0 Å². The molecule has 2 N–H and O–H groups in total. The molecule has 2 aromatic carbocycles. The highest BCUT2D eigenvalue weighted by atomic mass is 127. The van der Waals surface area contributed by atoms with E-state index in [0.29, 0.717) is 36.9 Å². The van der Waals surface area contributed by atoms with E-state index in [4.69, 9.17) is 19.3 Å². The Kier molecular flexibility index (Phi) is 12.7. The first kappa shape index (κ1) is 26.8. The maximum Gasteiger partial charge on any atom is 0.194 e. The molecular weight excluding hydrogens is 516 g/mol. The van der Waals surface area contributed by atoms with Crippen LogP contribution in [0.2, 0.25) is 0 Å². The summed E-state index contributed by atoms with van der Waals surface area (Å²) in [5, 5.41) is 12.2. The molecule has 0 spiro atoms. The minimum atomic E-state index is -0.286. The van der Waals surface area contributed by atoms with E-state index in [1.54, 1.807) is 19.2 Å². The highest BCUT2D eigenvalue weighted by Gasteiger charge is 2.08. The van der Waals surface area contributed by atoms with Crippen LogP contribution in [0, 0.1) is 5.82 Å². The van der Waals surface area contributed by atoms with Crippen molar-refractivity contribution in [2.75, 3.05) is 47.1 Å². The molecule has 172 valence electrons. The van der Waals surface area contributed by atoms with E-state index in [9.17, 15) is 4.39 Å². The zero-order valence-corrected chi connectivity index (χ0v) is 20.5. The quantitative estimate of drug-likeness (QED) is 0.256. The monoisotopic (exact) mass is 547 g/mol. The number of hydrogen-bond acceptors (Lipinski definition) is 5. The normalized spacial score (nSPS) is 10.8. The molecule has 0 unspecified atom stereocenters. The number of aliphatic hydroxyl groups is 1. The number of hydrogen-bond donors (Lipinski definition) is 2. The largest absolute Gasteiger partial charge is 0.493 e. The molecule has 7 nitrogen and oxygen atoms in total. The number of methoxy groups -OCH3 is 1. The first-order valence-electron chi connectivity index (χ1n) is 9.85. The van der Waals surface area contributed by atoms with Crippen molar-refractivity contribution in [1.82, 2.24) is 10.2 Å². The maximum atomic E-state index is 13.0. The van der Waals surface area contributed by atoms with Crippen molar-refractivity contribution < 1.29 is 23.7 Å². The summed E-state index contributed by atoms with van der Waals surface area (Å²) in [7, 11) is 3.51. The van der Waals surface area contributed by atoms with Crippen LogP contribution in [0.5, 0.6) is 17.2 Å². The van der Waals surface area contributed by atoms with Crippen LogP contribution >= 0.6 is 24.0 Å². The van der Waals surface area contributed by atoms with Gasteiger partial charge in [0.1, 0.15) is 24.8 Å². The number of halogens is 2. The summed E-state index contributed by atoms with van der Waals surface area (Å²) in [4.78, 5) is 6.65. The van der Waals surface area contributed by atoms with E-state index in [2.05, 4.69) is 10.3 Å². The summed E-state index contributed by atoms with van der Waals surface area (Å²) in [5.41, 5.74) is 0.967. The fraction of sp³-hybridized carbons (Fsp3) is 0.409. The van der Waals surface area contributed by atoms with Crippen molar-refractivity contribution in [3.63, 3.8) is 0 Å². The average Bonchev–Trinajstić information content (AvgIpc) is 2.76. The fourth-order valence-electron chi connectivity index (χ4n) is 2.66. The second kappa shape index (κ2) is 14.7. The van der Waals surface area contributed by atoms with Gasteiger partial charge in [-0.25, -0.2) is 9.38 Å². The molecule has 2 aromatic rings. The van der Waals surface area contributed by atoms with Gasteiger partial charge in [0.15, 0.2) is 17.5 Å². The molecule has 0 atom stereocenters. The number of nitrogens with one attached hydrogen (secondary N) is 1. The van der Waals surface area contributed by atoms with E-state index in [1.165, 1.54) is 12.1 Å². The summed E-state index contributed by atoms with van der Waals surface area (Å²) in [5.74, 6) is 2.27. The summed E-state index contributed by atoms with van der Waals surface area (Å²) in [6.45, 7) is 4.41. The number of guanidine groups is 1. The molecule has 0 fully saturated rings. The molecule has 0 radical (unpaired) electrons. The lowest BCUT2D eigenvalue weighted by Gasteiger charge is -2.22. The van der Waals surface area contributed by atoms with Gasteiger partial charge in [-0.1, -0.05) is 6.07 Å². The van der Waals surface area contributed by atoms with Crippen molar-refractivity contribution in [3.05, 3.63) is 53.8 Å². The predicted molar refractivity (Wildman–Crippen MR) is 130 cm³/mol. The number of nitrogens with zero attached hydrogens (tertiary/aromatic N) is 2.